The van der Waals surface area contributed by atoms with E-state index in [1.807, 2.05) is 25.1 Å². The Morgan fingerprint density at radius 3 is 3.04 bits per heavy atom. The van der Waals surface area contributed by atoms with Gasteiger partial charge in [0, 0.05) is 18.3 Å². The van der Waals surface area contributed by atoms with Crippen LogP contribution in [0.3, 0.4) is 0 Å². The van der Waals surface area contributed by atoms with Crippen LogP contribution >= 0.6 is 0 Å². The van der Waals surface area contributed by atoms with Gasteiger partial charge in [0.25, 0.3) is 0 Å². The molecule has 0 saturated carbocycles. The van der Waals surface area contributed by atoms with Crippen LogP contribution in [-0.4, -0.2) is 17.6 Å². The molecule has 5 nitrogen and oxygen atoms in total. The highest BCUT2D eigenvalue weighted by Gasteiger charge is 2.21. The second kappa shape index (κ2) is 7.81. The molecule has 1 heterocycles. The van der Waals surface area contributed by atoms with Gasteiger partial charge in [0.1, 0.15) is 0 Å². The van der Waals surface area contributed by atoms with E-state index < -0.39 is 0 Å². The van der Waals surface area contributed by atoms with E-state index >= 15 is 0 Å². The molecule has 1 aliphatic rings. The van der Waals surface area contributed by atoms with Crippen molar-refractivity contribution in [1.82, 2.24) is 15.6 Å². The first-order valence-electron chi connectivity index (χ1n) is 8.46. The SMILES string of the molecule is CCOc1ncccc1CNC(=O)NC1CCCc2ccccc21. The normalized spacial score (nSPS) is 16.1. The van der Waals surface area contributed by atoms with Gasteiger partial charge in [-0.2, -0.15) is 0 Å². The maximum atomic E-state index is 12.3. The first-order chi connectivity index (χ1) is 11.8. The number of hydrogen-bond donors (Lipinski definition) is 2. The molecule has 0 saturated heterocycles. The first kappa shape index (κ1) is 16.3. The monoisotopic (exact) mass is 325 g/mol. The van der Waals surface area contributed by atoms with Crippen LogP contribution in [0.15, 0.2) is 42.6 Å². The number of rotatable bonds is 5. The lowest BCUT2D eigenvalue weighted by Gasteiger charge is -2.26. The van der Waals surface area contributed by atoms with Gasteiger partial charge in [0.15, 0.2) is 0 Å². The minimum absolute atomic E-state index is 0.0789. The van der Waals surface area contributed by atoms with E-state index in [4.69, 9.17) is 4.74 Å². The molecule has 5 heteroatoms. The van der Waals surface area contributed by atoms with Crippen LogP contribution in [0.25, 0.3) is 0 Å². The summed E-state index contributed by atoms with van der Waals surface area (Å²) >= 11 is 0. The molecule has 3 rings (SSSR count). The Morgan fingerprint density at radius 1 is 1.29 bits per heavy atom. The van der Waals surface area contributed by atoms with Crippen LogP contribution in [0.1, 0.15) is 42.5 Å². The summed E-state index contributed by atoms with van der Waals surface area (Å²) in [4.78, 5) is 16.5. The van der Waals surface area contributed by atoms with Crippen LogP contribution in [0.2, 0.25) is 0 Å². The van der Waals surface area contributed by atoms with E-state index in [9.17, 15) is 4.79 Å². The summed E-state index contributed by atoms with van der Waals surface area (Å²) in [5.41, 5.74) is 3.44. The molecular weight excluding hydrogens is 302 g/mol. The highest BCUT2D eigenvalue weighted by molar-refractivity contribution is 5.74. The number of amides is 2. The number of aromatic nitrogens is 1. The quantitative estimate of drug-likeness (QED) is 0.886. The molecule has 0 bridgehead atoms. The molecule has 1 unspecified atom stereocenters. The Hall–Kier alpha value is -2.56. The molecule has 1 aromatic carbocycles. The number of benzene rings is 1. The summed E-state index contributed by atoms with van der Waals surface area (Å²) in [5.74, 6) is 0.573. The van der Waals surface area contributed by atoms with Gasteiger partial charge in [-0.05, 0) is 43.4 Å². The van der Waals surface area contributed by atoms with Crippen molar-refractivity contribution in [1.29, 1.82) is 0 Å². The zero-order chi connectivity index (χ0) is 16.8. The van der Waals surface area contributed by atoms with Gasteiger partial charge in [-0.15, -0.1) is 0 Å². The third-order valence-electron chi connectivity index (χ3n) is 4.25. The van der Waals surface area contributed by atoms with Crippen molar-refractivity contribution in [3.8, 4) is 5.88 Å². The van der Waals surface area contributed by atoms with Gasteiger partial charge in [-0.3, -0.25) is 0 Å². The molecular formula is C19H23N3O2. The highest BCUT2D eigenvalue weighted by atomic mass is 16.5. The van der Waals surface area contributed by atoms with Gasteiger partial charge >= 0.3 is 6.03 Å². The zero-order valence-corrected chi connectivity index (χ0v) is 13.9. The Bertz CT molecular complexity index is 703. The zero-order valence-electron chi connectivity index (χ0n) is 13.9. The predicted molar refractivity (Wildman–Crippen MR) is 92.9 cm³/mol. The summed E-state index contributed by atoms with van der Waals surface area (Å²) in [7, 11) is 0. The summed E-state index contributed by atoms with van der Waals surface area (Å²) in [6.45, 7) is 2.86. The van der Waals surface area contributed by atoms with Gasteiger partial charge in [-0.1, -0.05) is 30.3 Å². The van der Waals surface area contributed by atoms with Crippen LogP contribution in [0.5, 0.6) is 5.88 Å². The minimum atomic E-state index is -0.164. The number of nitrogens with one attached hydrogen (secondary N) is 2. The lowest BCUT2D eigenvalue weighted by atomic mass is 9.88. The fourth-order valence-corrected chi connectivity index (χ4v) is 3.11. The van der Waals surface area contributed by atoms with Crippen LogP contribution in [0, 0.1) is 0 Å². The fraction of sp³-hybridized carbons (Fsp3) is 0.368. The van der Waals surface area contributed by atoms with Crippen molar-refractivity contribution >= 4 is 6.03 Å². The lowest BCUT2D eigenvalue weighted by molar-refractivity contribution is 0.235. The number of carbonyl (C=O) groups excluding carboxylic acids is 1. The number of pyridine rings is 1. The van der Waals surface area contributed by atoms with Crippen LogP contribution in [-0.2, 0) is 13.0 Å². The maximum Gasteiger partial charge on any atom is 0.315 e. The van der Waals surface area contributed by atoms with E-state index in [0.29, 0.717) is 19.0 Å². The van der Waals surface area contributed by atoms with E-state index in [0.717, 1.165) is 24.8 Å². The third-order valence-corrected chi connectivity index (χ3v) is 4.25. The molecule has 1 aliphatic carbocycles. The Balaban J connectivity index is 1.59. The number of aryl methyl sites for hydroxylation is 1. The average molecular weight is 325 g/mol. The molecule has 0 spiro atoms. The van der Waals surface area contributed by atoms with Crippen molar-refractivity contribution in [2.45, 2.75) is 38.8 Å². The summed E-state index contributed by atoms with van der Waals surface area (Å²) in [5, 5.41) is 5.99. The molecule has 0 radical (unpaired) electrons. The maximum absolute atomic E-state index is 12.3. The van der Waals surface area contributed by atoms with E-state index in [1.54, 1.807) is 6.20 Å². The van der Waals surface area contributed by atoms with Crippen LogP contribution in [0.4, 0.5) is 4.79 Å². The highest BCUT2D eigenvalue weighted by Crippen LogP contribution is 2.29. The second-order valence-corrected chi connectivity index (χ2v) is 5.87. The Labute approximate surface area is 142 Å². The molecule has 2 amide bonds. The number of ether oxygens (including phenoxy) is 1. The van der Waals surface area contributed by atoms with Gasteiger partial charge in [0.2, 0.25) is 5.88 Å². The molecule has 1 atom stereocenters. The van der Waals surface area contributed by atoms with E-state index in [1.165, 1.54) is 11.1 Å². The van der Waals surface area contributed by atoms with E-state index in [-0.39, 0.29) is 12.1 Å². The molecule has 0 fully saturated rings. The summed E-state index contributed by atoms with van der Waals surface area (Å²) < 4.78 is 5.48. The van der Waals surface area contributed by atoms with Crippen molar-refractivity contribution in [3.05, 3.63) is 59.3 Å². The molecule has 2 N–H and O–H groups in total. The topological polar surface area (TPSA) is 63.2 Å². The van der Waals surface area contributed by atoms with Crippen molar-refractivity contribution in [3.63, 3.8) is 0 Å². The van der Waals surface area contributed by atoms with Gasteiger partial charge in [-0.25, -0.2) is 9.78 Å². The van der Waals surface area contributed by atoms with Gasteiger partial charge in [0.05, 0.1) is 12.6 Å². The van der Waals surface area contributed by atoms with Crippen LogP contribution < -0.4 is 15.4 Å². The molecule has 1 aromatic heterocycles. The Morgan fingerprint density at radius 2 is 2.17 bits per heavy atom. The molecule has 126 valence electrons. The predicted octanol–water partition coefficient (Wildman–Crippen LogP) is 3.36. The standard InChI is InChI=1S/C19H23N3O2/c1-2-24-18-15(9-6-12-20-18)13-21-19(23)22-17-11-5-8-14-7-3-4-10-16(14)17/h3-4,6-7,9-10,12,17H,2,5,8,11,13H2,1H3,(H2,21,22,23). The number of hydrogen-bond acceptors (Lipinski definition) is 3. The van der Waals surface area contributed by atoms with Crippen molar-refractivity contribution in [2.24, 2.45) is 0 Å². The minimum Gasteiger partial charge on any atom is -0.478 e. The van der Waals surface area contributed by atoms with Gasteiger partial charge < -0.3 is 15.4 Å². The largest absolute Gasteiger partial charge is 0.478 e. The fourth-order valence-electron chi connectivity index (χ4n) is 3.11. The Kier molecular flexibility index (Phi) is 5.31. The molecule has 0 aliphatic heterocycles. The average Bonchev–Trinajstić information content (AvgIpc) is 2.62. The summed E-state index contributed by atoms with van der Waals surface area (Å²) in [6.07, 6.45) is 4.84. The number of fused-ring (bicyclic) bond motifs is 1. The van der Waals surface area contributed by atoms with Crippen molar-refractivity contribution < 1.29 is 9.53 Å². The summed E-state index contributed by atoms with van der Waals surface area (Å²) in [6, 6.07) is 12.0. The smallest absolute Gasteiger partial charge is 0.315 e. The van der Waals surface area contributed by atoms with Crippen molar-refractivity contribution in [2.75, 3.05) is 6.61 Å². The third kappa shape index (κ3) is 3.85. The second-order valence-electron chi connectivity index (χ2n) is 5.87. The number of urea groups is 1. The van der Waals surface area contributed by atoms with E-state index in [2.05, 4.69) is 33.8 Å². The first-order valence-corrected chi connectivity index (χ1v) is 8.46. The number of carbonyl (C=O) groups is 1. The lowest BCUT2D eigenvalue weighted by Crippen LogP contribution is -2.38. The number of nitrogens with zero attached hydrogens (tertiary/aromatic N) is 1. The molecule has 2 aromatic rings. The molecule has 24 heavy (non-hydrogen) atoms.